The highest BCUT2D eigenvalue weighted by Gasteiger charge is 2.37. The number of aryl methyl sites for hydroxylation is 1. The van der Waals surface area contributed by atoms with Crippen LogP contribution in [0, 0.1) is 0 Å². The average molecular weight is 566 g/mol. The zero-order chi connectivity index (χ0) is 28.1. The van der Waals surface area contributed by atoms with E-state index in [-0.39, 0.29) is 18.4 Å². The Morgan fingerprint density at radius 2 is 1.95 bits per heavy atom. The quantitative estimate of drug-likeness (QED) is 0.375. The zero-order valence-corrected chi connectivity index (χ0v) is 23.9. The fourth-order valence-electron chi connectivity index (χ4n) is 5.13. The van der Waals surface area contributed by atoms with Gasteiger partial charge in [-0.15, -0.1) is 11.3 Å². The van der Waals surface area contributed by atoms with E-state index >= 15 is 0 Å². The monoisotopic (exact) mass is 565 g/mol. The van der Waals surface area contributed by atoms with Crippen LogP contribution in [0.5, 0.6) is 11.5 Å². The van der Waals surface area contributed by atoms with E-state index in [0.29, 0.717) is 49.1 Å². The number of amides is 2. The third-order valence-electron chi connectivity index (χ3n) is 7.34. The van der Waals surface area contributed by atoms with Crippen LogP contribution in [-0.2, 0) is 16.6 Å². The van der Waals surface area contributed by atoms with E-state index < -0.39 is 6.04 Å². The number of nitrogens with zero attached hydrogens (tertiary/aromatic N) is 5. The second-order valence-electron chi connectivity index (χ2n) is 9.78. The van der Waals surface area contributed by atoms with Crippen molar-refractivity contribution < 1.29 is 23.8 Å². The zero-order valence-electron chi connectivity index (χ0n) is 23.1. The maximum absolute atomic E-state index is 14.0. The summed E-state index contributed by atoms with van der Waals surface area (Å²) in [6.07, 6.45) is 2.45. The van der Waals surface area contributed by atoms with Crippen LogP contribution in [0.15, 0.2) is 59.1 Å². The smallest absolute Gasteiger partial charge is 0.264 e. The molecule has 1 saturated heterocycles. The van der Waals surface area contributed by atoms with Crippen LogP contribution in [0.25, 0.3) is 0 Å². The van der Waals surface area contributed by atoms with Gasteiger partial charge in [-0.05, 0) is 41.8 Å². The molecule has 0 radical (unpaired) electrons. The van der Waals surface area contributed by atoms with Gasteiger partial charge in [0.25, 0.3) is 11.8 Å². The van der Waals surface area contributed by atoms with Crippen LogP contribution in [0.3, 0.4) is 0 Å². The molecule has 0 N–H and O–H groups in total. The predicted molar refractivity (Wildman–Crippen MR) is 153 cm³/mol. The molecule has 10 nitrogen and oxygen atoms in total. The molecule has 1 atom stereocenters. The summed E-state index contributed by atoms with van der Waals surface area (Å²) in [5, 5.41) is 8.22. The van der Waals surface area contributed by atoms with E-state index in [9.17, 15) is 9.59 Å². The average Bonchev–Trinajstić information content (AvgIpc) is 3.76. The fraction of sp³-hybridized carbons (Fsp3) is 0.414. The second-order valence-corrected chi connectivity index (χ2v) is 10.7. The number of aromatic nitrogens is 1. The molecule has 3 aromatic rings. The van der Waals surface area contributed by atoms with Crippen molar-refractivity contribution >= 4 is 28.9 Å². The van der Waals surface area contributed by atoms with E-state index in [1.54, 1.807) is 25.2 Å². The van der Waals surface area contributed by atoms with Crippen molar-refractivity contribution in [1.29, 1.82) is 0 Å². The van der Waals surface area contributed by atoms with Crippen LogP contribution in [-0.4, -0.2) is 97.1 Å². The van der Waals surface area contributed by atoms with Crippen LogP contribution in [0.1, 0.15) is 33.4 Å². The molecule has 0 spiro atoms. The number of hydrazone groups is 1. The topological polar surface area (TPSA) is 88.8 Å². The minimum Gasteiger partial charge on any atom is -0.497 e. The molecule has 40 heavy (non-hydrogen) atoms. The number of benzene rings is 1. The number of hydrogen-bond acceptors (Lipinski definition) is 8. The molecular formula is C29H35N5O5S. The minimum atomic E-state index is -0.416. The lowest BCUT2D eigenvalue weighted by Crippen LogP contribution is -2.46. The first-order valence-electron chi connectivity index (χ1n) is 13.3. The van der Waals surface area contributed by atoms with Crippen molar-refractivity contribution in [2.24, 2.45) is 12.1 Å². The van der Waals surface area contributed by atoms with E-state index in [4.69, 9.17) is 19.3 Å². The SMILES string of the molecule is COc1ccc(OC)c([C@H]2CC(c3cccn3C)=NN2C(=O)CN(CCN2CCOCC2)C(=O)c2cccs2)c1. The molecule has 2 aliphatic rings. The Kier molecular flexibility index (Phi) is 8.83. The molecule has 212 valence electrons. The summed E-state index contributed by atoms with van der Waals surface area (Å²) in [5.41, 5.74) is 2.52. The molecule has 11 heteroatoms. The largest absolute Gasteiger partial charge is 0.497 e. The van der Waals surface area contributed by atoms with Crippen LogP contribution in [0.4, 0.5) is 0 Å². The molecule has 4 heterocycles. The van der Waals surface area contributed by atoms with Gasteiger partial charge in [0.2, 0.25) is 0 Å². The standard InChI is InChI=1S/C29H35N5O5S/c1-31-10-4-6-24(31)23-19-25(22-18-21(37-2)8-9-26(22)38-3)34(30-23)28(35)20-33(29(36)27-7-5-17-40-27)12-11-32-13-15-39-16-14-32/h4-10,17-18,25H,11-16,19-20H2,1-3H3/t25-/m1/s1. The molecule has 0 unspecified atom stereocenters. The first-order valence-corrected chi connectivity index (χ1v) is 14.2. The van der Waals surface area contributed by atoms with Gasteiger partial charge in [-0.25, -0.2) is 5.01 Å². The van der Waals surface area contributed by atoms with Gasteiger partial charge in [0, 0.05) is 51.4 Å². The summed E-state index contributed by atoms with van der Waals surface area (Å²) < 4.78 is 18.6. The Labute approximate surface area is 238 Å². The van der Waals surface area contributed by atoms with Crippen LogP contribution in [0.2, 0.25) is 0 Å². The molecule has 5 rings (SSSR count). The molecular weight excluding hydrogens is 530 g/mol. The van der Waals surface area contributed by atoms with E-state index in [1.165, 1.54) is 16.3 Å². The first kappa shape index (κ1) is 27.9. The summed E-state index contributed by atoms with van der Waals surface area (Å²) in [6, 6.07) is 12.7. The first-order chi connectivity index (χ1) is 19.5. The number of hydrogen-bond donors (Lipinski definition) is 0. The van der Waals surface area contributed by atoms with Crippen molar-refractivity contribution in [3.63, 3.8) is 0 Å². The highest BCUT2D eigenvalue weighted by molar-refractivity contribution is 7.12. The fourth-order valence-corrected chi connectivity index (χ4v) is 5.82. The summed E-state index contributed by atoms with van der Waals surface area (Å²) in [7, 11) is 5.17. The van der Waals surface area contributed by atoms with Gasteiger partial charge in [0.1, 0.15) is 18.0 Å². The van der Waals surface area contributed by atoms with E-state index in [2.05, 4.69) is 4.90 Å². The normalized spacial score (nSPS) is 17.5. The summed E-state index contributed by atoms with van der Waals surface area (Å²) in [6.45, 7) is 3.97. The lowest BCUT2D eigenvalue weighted by Gasteiger charge is -2.31. The van der Waals surface area contributed by atoms with Gasteiger partial charge in [0.05, 0.1) is 49.8 Å². The second kappa shape index (κ2) is 12.7. The third kappa shape index (κ3) is 6.06. The van der Waals surface area contributed by atoms with Crippen molar-refractivity contribution in [2.75, 3.05) is 60.2 Å². The van der Waals surface area contributed by atoms with Crippen molar-refractivity contribution in [3.8, 4) is 11.5 Å². The number of rotatable bonds is 10. The van der Waals surface area contributed by atoms with E-state index in [0.717, 1.165) is 30.1 Å². The number of thiophene rings is 1. The number of carbonyl (C=O) groups excluding carboxylic acids is 2. The summed E-state index contributed by atoms with van der Waals surface area (Å²) in [5.74, 6) is 0.894. The molecule has 0 bridgehead atoms. The molecule has 0 aliphatic carbocycles. The Bertz CT molecular complexity index is 1350. The van der Waals surface area contributed by atoms with Crippen molar-refractivity contribution in [3.05, 3.63) is 70.2 Å². The Balaban J connectivity index is 1.44. The number of carbonyl (C=O) groups is 2. The minimum absolute atomic E-state index is 0.0895. The van der Waals surface area contributed by atoms with Gasteiger partial charge in [0.15, 0.2) is 0 Å². The Hall–Kier alpha value is -3.67. The van der Waals surface area contributed by atoms with Gasteiger partial charge < -0.3 is 23.7 Å². The molecule has 0 saturated carbocycles. The Morgan fingerprint density at radius 1 is 1.12 bits per heavy atom. The van der Waals surface area contributed by atoms with Gasteiger partial charge in [-0.2, -0.15) is 5.10 Å². The lowest BCUT2D eigenvalue weighted by molar-refractivity contribution is -0.133. The number of ether oxygens (including phenoxy) is 3. The molecule has 2 aliphatic heterocycles. The van der Waals surface area contributed by atoms with Gasteiger partial charge in [-0.3, -0.25) is 14.5 Å². The van der Waals surface area contributed by atoms with Crippen LogP contribution < -0.4 is 9.47 Å². The van der Waals surface area contributed by atoms with Crippen molar-refractivity contribution in [1.82, 2.24) is 19.4 Å². The number of methoxy groups -OCH3 is 2. The molecule has 1 aromatic carbocycles. The summed E-state index contributed by atoms with van der Waals surface area (Å²) >= 11 is 1.38. The highest BCUT2D eigenvalue weighted by Crippen LogP contribution is 2.39. The Morgan fingerprint density at radius 3 is 2.62 bits per heavy atom. The third-order valence-corrected chi connectivity index (χ3v) is 8.19. The maximum Gasteiger partial charge on any atom is 0.264 e. The van der Waals surface area contributed by atoms with Crippen LogP contribution >= 0.6 is 11.3 Å². The van der Waals surface area contributed by atoms with Gasteiger partial charge in [-0.1, -0.05) is 6.07 Å². The maximum atomic E-state index is 14.0. The molecule has 2 aromatic heterocycles. The number of morpholine rings is 1. The van der Waals surface area contributed by atoms with Gasteiger partial charge >= 0.3 is 0 Å². The summed E-state index contributed by atoms with van der Waals surface area (Å²) in [4.78, 5) is 32.0. The molecule has 1 fully saturated rings. The van der Waals surface area contributed by atoms with E-state index in [1.807, 2.05) is 59.6 Å². The highest BCUT2D eigenvalue weighted by atomic mass is 32.1. The molecule has 2 amide bonds. The lowest BCUT2D eigenvalue weighted by atomic mass is 9.99. The van der Waals surface area contributed by atoms with Crippen molar-refractivity contribution in [2.45, 2.75) is 12.5 Å². The predicted octanol–water partition coefficient (Wildman–Crippen LogP) is 3.26.